The van der Waals surface area contributed by atoms with E-state index in [2.05, 4.69) is 34.6 Å². The minimum Gasteiger partial charge on any atom is -0.542 e. The Balaban J connectivity index is 0.000000256. The predicted molar refractivity (Wildman–Crippen MR) is 83.0 cm³/mol. The van der Waals surface area contributed by atoms with Crippen LogP contribution in [0.5, 0.6) is 0 Å². The second-order valence-electron chi connectivity index (χ2n) is 4.95. The molecule has 0 atom stereocenters. The number of alkyl halides is 3. The monoisotopic (exact) mass is 337 g/mol. The zero-order valence-corrected chi connectivity index (χ0v) is 12.6. The first kappa shape index (κ1) is 17.3. The van der Waals surface area contributed by atoms with Crippen LogP contribution in [-0.2, 0) is 4.79 Å². The van der Waals surface area contributed by atoms with E-state index in [1.54, 1.807) is 0 Å². The Labute approximate surface area is 134 Å². The number of aromatic amines is 1. The first-order valence-corrected chi connectivity index (χ1v) is 6.82. The van der Waals surface area contributed by atoms with Gasteiger partial charge < -0.3 is 21.0 Å². The number of aliphatic carboxylic acids is 1. The maximum Gasteiger partial charge on any atom is 0.430 e. The fraction of sp³-hybridized carbons (Fsp3) is 0.125. The van der Waals surface area contributed by atoms with Crippen LogP contribution in [0, 0.1) is 0 Å². The van der Waals surface area contributed by atoms with Crippen molar-refractivity contribution < 1.29 is 28.1 Å². The molecule has 3 aromatic rings. The van der Waals surface area contributed by atoms with Crippen LogP contribution >= 0.6 is 0 Å². The molecule has 0 radical (unpaired) electrons. The van der Waals surface area contributed by atoms with Crippen molar-refractivity contribution in [1.29, 1.82) is 0 Å². The maximum absolute atomic E-state index is 10.5. The van der Waals surface area contributed by atoms with Gasteiger partial charge in [-0.05, 0) is 30.3 Å². The summed E-state index contributed by atoms with van der Waals surface area (Å²) >= 11 is 0. The van der Waals surface area contributed by atoms with Crippen LogP contribution in [-0.4, -0.2) is 19.2 Å². The number of H-pyrrole nitrogens is 1. The second-order valence-corrected chi connectivity index (χ2v) is 4.95. The van der Waals surface area contributed by atoms with Crippen LogP contribution < -0.4 is 21.1 Å². The van der Waals surface area contributed by atoms with Crippen molar-refractivity contribution in [2.45, 2.75) is 6.18 Å². The van der Waals surface area contributed by atoms with Gasteiger partial charge in [0.25, 0.3) is 0 Å². The molecular weight excluding hydrogens is 323 g/mol. The number of carbonyl (C=O) groups excluding carboxylic acids is 1. The Kier molecular flexibility index (Phi) is 4.77. The summed E-state index contributed by atoms with van der Waals surface area (Å²) in [5.74, 6) is -3.01. The van der Waals surface area contributed by atoms with Gasteiger partial charge in [-0.1, -0.05) is 0 Å². The molecule has 24 heavy (non-hydrogen) atoms. The van der Waals surface area contributed by atoms with Crippen molar-refractivity contribution in [2.24, 2.45) is 0 Å². The molecule has 126 valence electrons. The molecule has 0 spiro atoms. The normalized spacial score (nSPS) is 11.0. The van der Waals surface area contributed by atoms with E-state index >= 15 is 0 Å². The third-order valence-electron chi connectivity index (χ3n) is 3.23. The highest BCUT2D eigenvalue weighted by Gasteiger charge is 2.28. The molecule has 0 saturated heterocycles. The summed E-state index contributed by atoms with van der Waals surface area (Å²) < 4.78 is 31.5. The number of benzene rings is 2. The summed E-state index contributed by atoms with van der Waals surface area (Å²) in [6, 6.07) is 14.3. The van der Waals surface area contributed by atoms with Gasteiger partial charge in [0.2, 0.25) is 11.0 Å². The van der Waals surface area contributed by atoms with E-state index in [4.69, 9.17) is 15.6 Å². The molecule has 3 rings (SSSR count). The van der Waals surface area contributed by atoms with Crippen LogP contribution in [0.25, 0.3) is 21.8 Å². The number of carbonyl (C=O) groups is 1. The highest BCUT2D eigenvalue weighted by molar-refractivity contribution is 5.90. The second kappa shape index (κ2) is 6.61. The highest BCUT2D eigenvalue weighted by atomic mass is 19.4. The molecule has 0 aliphatic carbocycles. The largest absolute Gasteiger partial charge is 0.542 e. The lowest BCUT2D eigenvalue weighted by Gasteiger charge is -2.03. The zero-order chi connectivity index (χ0) is 17.9. The Hall–Kier alpha value is -3.03. The van der Waals surface area contributed by atoms with Gasteiger partial charge in [0.05, 0.1) is 0 Å². The summed E-state index contributed by atoms with van der Waals surface area (Å²) in [4.78, 5) is 12.2. The number of anilines is 2. The number of hydrogen-bond acceptors (Lipinski definition) is 4. The number of carboxylic acids is 1. The van der Waals surface area contributed by atoms with E-state index in [-0.39, 0.29) is 0 Å². The van der Waals surface area contributed by atoms with Gasteiger partial charge in [0.15, 0.2) is 0 Å². The van der Waals surface area contributed by atoms with Gasteiger partial charge in [-0.25, -0.2) is 4.98 Å². The van der Waals surface area contributed by atoms with Crippen LogP contribution in [0.4, 0.5) is 24.5 Å². The van der Waals surface area contributed by atoms with Gasteiger partial charge in [0.1, 0.15) is 5.97 Å². The molecule has 0 fully saturated rings. The van der Waals surface area contributed by atoms with Gasteiger partial charge in [0, 0.05) is 41.3 Å². The summed E-state index contributed by atoms with van der Waals surface area (Å²) in [6.07, 6.45) is -5.19. The summed E-state index contributed by atoms with van der Waals surface area (Å²) in [7, 11) is 1.92. The van der Waals surface area contributed by atoms with E-state index in [1.807, 2.05) is 25.2 Å². The van der Waals surface area contributed by atoms with Crippen molar-refractivity contribution in [2.75, 3.05) is 18.1 Å². The van der Waals surface area contributed by atoms with Gasteiger partial charge in [-0.2, -0.15) is 13.2 Å². The molecule has 8 heteroatoms. The lowest BCUT2D eigenvalue weighted by Crippen LogP contribution is -2.37. The van der Waals surface area contributed by atoms with Gasteiger partial charge in [-0.3, -0.25) is 0 Å². The Morgan fingerprint density at radius 3 is 2.17 bits per heavy atom. The van der Waals surface area contributed by atoms with Crippen molar-refractivity contribution in [3.63, 3.8) is 0 Å². The molecule has 0 saturated carbocycles. The smallest absolute Gasteiger partial charge is 0.430 e. The number of nitrogens with one attached hydrogen (secondary N) is 2. The molecule has 0 bridgehead atoms. The summed E-state index contributed by atoms with van der Waals surface area (Å²) in [6.45, 7) is 0. The summed E-state index contributed by atoms with van der Waals surface area (Å²) in [5, 5.41) is 14.3. The Morgan fingerprint density at radius 1 is 1.08 bits per heavy atom. The lowest BCUT2D eigenvalue weighted by molar-refractivity contribution is -0.344. The van der Waals surface area contributed by atoms with Crippen LogP contribution in [0.3, 0.4) is 0 Å². The predicted octanol–water partition coefficient (Wildman–Crippen LogP) is 1.73. The topological polar surface area (TPSA) is 92.3 Å². The van der Waals surface area contributed by atoms with E-state index in [1.165, 1.54) is 10.8 Å². The number of aromatic nitrogens is 1. The van der Waals surface area contributed by atoms with E-state index in [9.17, 15) is 13.2 Å². The van der Waals surface area contributed by atoms with Gasteiger partial charge >= 0.3 is 6.18 Å². The van der Waals surface area contributed by atoms with Crippen molar-refractivity contribution >= 4 is 39.1 Å². The molecule has 1 heterocycles. The quantitative estimate of drug-likeness (QED) is 0.522. The number of fused-ring (bicyclic) bond motifs is 2. The van der Waals surface area contributed by atoms with Crippen LogP contribution in [0.15, 0.2) is 42.5 Å². The molecule has 0 aliphatic rings. The highest BCUT2D eigenvalue weighted by Crippen LogP contribution is 2.20. The molecule has 4 N–H and O–H groups in total. The zero-order valence-electron chi connectivity index (χ0n) is 12.6. The molecule has 5 nitrogen and oxygen atoms in total. The van der Waals surface area contributed by atoms with E-state index in [0.29, 0.717) is 0 Å². The molecular formula is C16H14F3N3O2. The minimum absolute atomic E-state index is 0.776. The maximum atomic E-state index is 10.5. The SMILES string of the molecule is CNc1ccc2cc3ccc(N)cc3[nH+]c2c1.O=C([O-])C(F)(F)F. The Bertz CT molecular complexity index is 895. The molecule has 1 aromatic heterocycles. The number of pyridine rings is 1. The number of rotatable bonds is 1. The molecule has 0 unspecified atom stereocenters. The van der Waals surface area contributed by atoms with Crippen molar-refractivity contribution in [3.8, 4) is 0 Å². The number of halogens is 3. The first-order chi connectivity index (χ1) is 11.2. The van der Waals surface area contributed by atoms with Gasteiger partial charge in [-0.15, -0.1) is 0 Å². The van der Waals surface area contributed by atoms with Crippen molar-refractivity contribution in [1.82, 2.24) is 0 Å². The fourth-order valence-electron chi connectivity index (χ4n) is 2.07. The van der Waals surface area contributed by atoms with Crippen LogP contribution in [0.1, 0.15) is 0 Å². The number of hydrogen-bond donors (Lipinski definition) is 2. The fourth-order valence-corrected chi connectivity index (χ4v) is 2.07. The third kappa shape index (κ3) is 4.03. The lowest BCUT2D eigenvalue weighted by atomic mass is 10.1. The Morgan fingerprint density at radius 2 is 1.62 bits per heavy atom. The number of nitrogens with two attached hydrogens (primary N) is 1. The standard InChI is InChI=1S/C14H13N3.C2HF3O2/c1-16-12-5-3-10-6-9-2-4-11(15)7-13(9)17-14(10)8-12;3-2(4,5)1(6)7/h2-8,16H,15H2,1H3;(H,6,7). The average Bonchev–Trinajstić information content (AvgIpc) is 2.52. The number of nitrogen functional groups attached to an aromatic ring is 1. The third-order valence-corrected chi connectivity index (χ3v) is 3.23. The first-order valence-electron chi connectivity index (χ1n) is 6.82. The minimum atomic E-state index is -5.19. The van der Waals surface area contributed by atoms with Crippen LogP contribution in [0.2, 0.25) is 0 Å². The van der Waals surface area contributed by atoms with E-state index in [0.717, 1.165) is 22.4 Å². The molecule has 2 aromatic carbocycles. The molecule has 0 amide bonds. The summed E-state index contributed by atoms with van der Waals surface area (Å²) in [5.41, 5.74) is 9.83. The average molecular weight is 337 g/mol. The molecule has 0 aliphatic heterocycles. The van der Waals surface area contributed by atoms with E-state index < -0.39 is 12.1 Å². The number of carboxylic acid groups (broad SMARTS) is 1. The van der Waals surface area contributed by atoms with Crippen molar-refractivity contribution in [3.05, 3.63) is 42.5 Å².